The molecule has 2 aliphatic carbocycles. The second-order valence-corrected chi connectivity index (χ2v) is 7.58. The Labute approximate surface area is 147 Å². The summed E-state index contributed by atoms with van der Waals surface area (Å²) in [6, 6.07) is 1.46. The molecule has 0 aromatic heterocycles. The van der Waals surface area contributed by atoms with Crippen LogP contribution in [0.1, 0.15) is 93.7 Å². The number of nitriles is 1. The zero-order valence-corrected chi connectivity index (χ0v) is 14.3. The van der Waals surface area contributed by atoms with Gasteiger partial charge < -0.3 is 0 Å². The van der Waals surface area contributed by atoms with Gasteiger partial charge in [-0.15, -0.1) is 0 Å². The third-order valence-electron chi connectivity index (χ3n) is 6.19. The van der Waals surface area contributed by atoms with E-state index < -0.39 is 0 Å². The molecule has 1 heteroatoms. The van der Waals surface area contributed by atoms with E-state index in [1.165, 1.54) is 38.5 Å². The molecule has 1 nitrogen and oxygen atoms in total. The Morgan fingerprint density at radius 1 is 0.957 bits per heavy atom. The molecule has 0 saturated heterocycles. The van der Waals surface area contributed by atoms with E-state index in [1.807, 2.05) is 6.07 Å². The van der Waals surface area contributed by atoms with Crippen molar-refractivity contribution in [2.75, 3.05) is 0 Å². The van der Waals surface area contributed by atoms with E-state index >= 15 is 0 Å². The topological polar surface area (TPSA) is 23.8 Å². The summed E-state index contributed by atoms with van der Waals surface area (Å²) in [7, 11) is 0. The van der Waals surface area contributed by atoms with E-state index in [1.54, 1.807) is 0 Å². The molecule has 2 saturated carbocycles. The molecule has 2 aliphatic rings. The van der Waals surface area contributed by atoms with Crippen LogP contribution in [0, 0.1) is 29.1 Å². The molecule has 3 rings (SSSR count). The molecule has 0 aliphatic heterocycles. The third-order valence-corrected chi connectivity index (χ3v) is 6.19. The first-order valence-corrected chi connectivity index (χ1v) is 9.48. The van der Waals surface area contributed by atoms with Crippen molar-refractivity contribution in [1.29, 1.82) is 5.26 Å². The predicted octanol–water partition coefficient (Wildman–Crippen LogP) is 6.44. The van der Waals surface area contributed by atoms with E-state index in [4.69, 9.17) is 10.7 Å². The van der Waals surface area contributed by atoms with Gasteiger partial charge >= 0.3 is 0 Å². The number of benzene rings is 1. The summed E-state index contributed by atoms with van der Waals surface area (Å²) in [5.74, 6) is 2.63. The zero-order chi connectivity index (χ0) is 19.6. The van der Waals surface area contributed by atoms with Gasteiger partial charge in [-0.3, -0.25) is 0 Å². The molecular formula is C22H31N. The Morgan fingerprint density at radius 2 is 1.52 bits per heavy atom. The Balaban J connectivity index is 1.66. The quantitative estimate of drug-likeness (QED) is 0.627. The largest absolute Gasteiger partial charge is 0.192 e. The molecule has 0 amide bonds. The number of hydrogen-bond donors (Lipinski definition) is 0. The lowest BCUT2D eigenvalue weighted by atomic mass is 9.68. The third kappa shape index (κ3) is 4.17. The van der Waals surface area contributed by atoms with Gasteiger partial charge in [-0.1, -0.05) is 44.7 Å². The standard InChI is InChI=1S/C22H31N/c1-2-3-17-4-8-19(9-5-17)21-12-14-22(15-13-21)20-10-6-18(16-23)7-11-20/h6-7,10-11,17,19,21-22H,2-5,8-9,12-15H2,1H3/i6D,7D,10D,11D. The maximum Gasteiger partial charge on any atom is 0.0991 e. The summed E-state index contributed by atoms with van der Waals surface area (Å²) in [6.07, 6.45) is 12.3. The fraction of sp³-hybridized carbons (Fsp3) is 0.682. The van der Waals surface area contributed by atoms with Crippen LogP contribution in [-0.2, 0) is 0 Å². The van der Waals surface area contributed by atoms with E-state index in [9.17, 15) is 0 Å². The van der Waals surface area contributed by atoms with Gasteiger partial charge in [-0.05, 0) is 79.8 Å². The van der Waals surface area contributed by atoms with E-state index in [2.05, 4.69) is 6.92 Å². The van der Waals surface area contributed by atoms with Crippen molar-refractivity contribution < 1.29 is 5.48 Å². The fourth-order valence-electron chi connectivity index (χ4n) is 4.82. The minimum absolute atomic E-state index is 0.00364. The highest BCUT2D eigenvalue weighted by Crippen LogP contribution is 2.44. The molecule has 0 unspecified atom stereocenters. The number of rotatable bonds is 4. The summed E-state index contributed by atoms with van der Waals surface area (Å²) in [5, 5.41) is 9.12. The molecule has 0 spiro atoms. The molecule has 0 N–H and O–H groups in total. The van der Waals surface area contributed by atoms with Crippen molar-refractivity contribution >= 4 is 0 Å². The average Bonchev–Trinajstić information content (AvgIpc) is 2.69. The van der Waals surface area contributed by atoms with Crippen LogP contribution in [-0.4, -0.2) is 0 Å². The van der Waals surface area contributed by atoms with E-state index in [0.29, 0.717) is 5.56 Å². The Kier molecular flexibility index (Phi) is 4.22. The molecule has 23 heavy (non-hydrogen) atoms. The Morgan fingerprint density at radius 3 is 2.04 bits per heavy atom. The van der Waals surface area contributed by atoms with Gasteiger partial charge in [0.25, 0.3) is 0 Å². The van der Waals surface area contributed by atoms with Gasteiger partial charge in [-0.2, -0.15) is 5.26 Å². The first-order chi connectivity index (χ1) is 13.0. The van der Waals surface area contributed by atoms with Gasteiger partial charge in [0, 0.05) is 0 Å². The van der Waals surface area contributed by atoms with Gasteiger partial charge in [0.05, 0.1) is 17.1 Å². The molecule has 0 bridgehead atoms. The van der Waals surface area contributed by atoms with Gasteiger partial charge in [0.1, 0.15) is 0 Å². The summed E-state index contributed by atoms with van der Waals surface area (Å²) >= 11 is 0. The van der Waals surface area contributed by atoms with Crippen molar-refractivity contribution in [3.8, 4) is 6.07 Å². The lowest BCUT2D eigenvalue weighted by Crippen LogP contribution is -2.25. The highest BCUT2D eigenvalue weighted by atomic mass is 14.4. The summed E-state index contributed by atoms with van der Waals surface area (Å²) in [4.78, 5) is 0. The smallest absolute Gasteiger partial charge is 0.0991 e. The maximum atomic E-state index is 9.12. The fourth-order valence-corrected chi connectivity index (χ4v) is 4.82. The first kappa shape index (κ1) is 12.1. The van der Waals surface area contributed by atoms with Crippen LogP contribution in [0.25, 0.3) is 0 Å². The van der Waals surface area contributed by atoms with Gasteiger partial charge in [0.2, 0.25) is 0 Å². The van der Waals surface area contributed by atoms with Crippen molar-refractivity contribution in [1.82, 2.24) is 0 Å². The second-order valence-electron chi connectivity index (χ2n) is 7.58. The highest BCUT2D eigenvalue weighted by Gasteiger charge is 2.30. The molecule has 1 aromatic carbocycles. The van der Waals surface area contributed by atoms with Crippen LogP contribution in [0.3, 0.4) is 0 Å². The van der Waals surface area contributed by atoms with Crippen LogP contribution >= 0.6 is 0 Å². The maximum absolute atomic E-state index is 9.12. The molecule has 0 heterocycles. The SMILES string of the molecule is [2H]c1c([2H])c(C2CCC(C3CCC(CCC)CC3)CC2)c([2H])c([2H])c1C#N. The molecular weight excluding hydrogens is 278 g/mol. The average molecular weight is 314 g/mol. The Hall–Kier alpha value is -1.29. The molecule has 0 radical (unpaired) electrons. The lowest BCUT2D eigenvalue weighted by molar-refractivity contribution is 0.156. The van der Waals surface area contributed by atoms with Crippen molar-refractivity contribution in [2.24, 2.45) is 17.8 Å². The Bertz CT molecular complexity index is 679. The zero-order valence-electron chi connectivity index (χ0n) is 18.3. The van der Waals surface area contributed by atoms with Gasteiger partial charge in [0.15, 0.2) is 0 Å². The molecule has 124 valence electrons. The second kappa shape index (κ2) is 8.00. The summed E-state index contributed by atoms with van der Waals surface area (Å²) in [5.41, 5.74) is 0.403. The van der Waals surface area contributed by atoms with Crippen LogP contribution in [0.4, 0.5) is 0 Å². The highest BCUT2D eigenvalue weighted by molar-refractivity contribution is 5.33. The summed E-state index contributed by atoms with van der Waals surface area (Å²) < 4.78 is 32.6. The minimum atomic E-state index is -0.176. The van der Waals surface area contributed by atoms with E-state index in [-0.39, 0.29) is 35.7 Å². The van der Waals surface area contributed by atoms with Gasteiger partial charge in [-0.25, -0.2) is 0 Å². The van der Waals surface area contributed by atoms with Crippen LogP contribution in [0.5, 0.6) is 0 Å². The van der Waals surface area contributed by atoms with E-state index in [0.717, 1.165) is 43.4 Å². The number of nitrogens with zero attached hydrogens (tertiary/aromatic N) is 1. The summed E-state index contributed by atoms with van der Waals surface area (Å²) in [6.45, 7) is 2.28. The molecule has 1 aromatic rings. The molecule has 0 atom stereocenters. The molecule has 2 fully saturated rings. The van der Waals surface area contributed by atoms with Crippen LogP contribution < -0.4 is 0 Å². The monoisotopic (exact) mass is 313 g/mol. The number of hydrogen-bond acceptors (Lipinski definition) is 1. The first-order valence-electron chi connectivity index (χ1n) is 11.5. The lowest BCUT2D eigenvalue weighted by Gasteiger charge is -2.38. The van der Waals surface area contributed by atoms with Crippen molar-refractivity contribution in [3.63, 3.8) is 0 Å². The minimum Gasteiger partial charge on any atom is -0.192 e. The van der Waals surface area contributed by atoms with Crippen molar-refractivity contribution in [2.45, 2.75) is 77.0 Å². The normalized spacial score (nSPS) is 33.9. The van der Waals surface area contributed by atoms with Crippen molar-refractivity contribution in [3.05, 3.63) is 35.3 Å². The van der Waals surface area contributed by atoms with Crippen LogP contribution in [0.2, 0.25) is 0 Å². The van der Waals surface area contributed by atoms with Crippen LogP contribution in [0.15, 0.2) is 24.2 Å². The predicted molar refractivity (Wildman–Crippen MR) is 96.2 cm³/mol.